The molecule has 1 aromatic carbocycles. The molecule has 0 spiro atoms. The molecule has 4 nitrogen and oxygen atoms in total. The third kappa shape index (κ3) is 4.56. The van der Waals surface area contributed by atoms with Crippen molar-refractivity contribution in [3.63, 3.8) is 0 Å². The van der Waals surface area contributed by atoms with E-state index < -0.39 is 0 Å². The van der Waals surface area contributed by atoms with Gasteiger partial charge in [0.05, 0.1) is 12.6 Å². The van der Waals surface area contributed by atoms with Crippen LogP contribution < -0.4 is 5.32 Å². The standard InChI is InChI=1S/C15H24N2O2/c1-4-9-16-11-15(19)17(5-2)12(3)13-7-6-8-14(18)10-13/h6-8,10,12,16,18H,4-5,9,11H2,1-3H3. The van der Waals surface area contributed by atoms with Gasteiger partial charge < -0.3 is 15.3 Å². The van der Waals surface area contributed by atoms with Crippen molar-refractivity contribution in [3.8, 4) is 5.75 Å². The van der Waals surface area contributed by atoms with Gasteiger partial charge in [0, 0.05) is 6.54 Å². The van der Waals surface area contributed by atoms with Crippen molar-refractivity contribution in [1.29, 1.82) is 0 Å². The predicted octanol–water partition coefficient (Wildman–Crippen LogP) is 2.30. The minimum Gasteiger partial charge on any atom is -0.508 e. The summed E-state index contributed by atoms with van der Waals surface area (Å²) in [5.41, 5.74) is 0.950. The molecule has 1 unspecified atom stereocenters. The predicted molar refractivity (Wildman–Crippen MR) is 77.1 cm³/mol. The Hall–Kier alpha value is -1.55. The lowest BCUT2D eigenvalue weighted by molar-refractivity contribution is -0.132. The molecule has 0 bridgehead atoms. The van der Waals surface area contributed by atoms with Gasteiger partial charge in [-0.3, -0.25) is 4.79 Å². The van der Waals surface area contributed by atoms with Crippen molar-refractivity contribution in [1.82, 2.24) is 10.2 Å². The average Bonchev–Trinajstić information content (AvgIpc) is 2.39. The van der Waals surface area contributed by atoms with Crippen LogP contribution in [0, 0.1) is 0 Å². The van der Waals surface area contributed by atoms with E-state index in [2.05, 4.69) is 12.2 Å². The zero-order valence-corrected chi connectivity index (χ0v) is 12.0. The first-order chi connectivity index (χ1) is 9.10. The number of rotatable bonds is 7. The van der Waals surface area contributed by atoms with E-state index in [1.807, 2.05) is 24.8 Å². The first-order valence-electron chi connectivity index (χ1n) is 6.89. The fourth-order valence-electron chi connectivity index (χ4n) is 2.10. The van der Waals surface area contributed by atoms with E-state index in [0.717, 1.165) is 18.5 Å². The first kappa shape index (κ1) is 15.5. The second-order valence-corrected chi connectivity index (χ2v) is 4.63. The highest BCUT2D eigenvalue weighted by Gasteiger charge is 2.19. The lowest BCUT2D eigenvalue weighted by Crippen LogP contribution is -2.39. The lowest BCUT2D eigenvalue weighted by atomic mass is 10.1. The molecule has 0 radical (unpaired) electrons. The maximum atomic E-state index is 12.1. The number of benzene rings is 1. The van der Waals surface area contributed by atoms with Crippen molar-refractivity contribution < 1.29 is 9.90 Å². The average molecular weight is 264 g/mol. The van der Waals surface area contributed by atoms with Crippen LogP contribution in [0.2, 0.25) is 0 Å². The Bertz CT molecular complexity index is 407. The molecule has 0 aliphatic carbocycles. The van der Waals surface area contributed by atoms with Gasteiger partial charge in [-0.25, -0.2) is 0 Å². The summed E-state index contributed by atoms with van der Waals surface area (Å²) in [4.78, 5) is 14.0. The van der Waals surface area contributed by atoms with Gasteiger partial charge >= 0.3 is 0 Å². The number of hydrogen-bond acceptors (Lipinski definition) is 3. The van der Waals surface area contributed by atoms with Crippen LogP contribution in [-0.4, -0.2) is 35.5 Å². The molecule has 106 valence electrons. The summed E-state index contributed by atoms with van der Waals surface area (Å²) in [7, 11) is 0. The van der Waals surface area contributed by atoms with E-state index in [1.165, 1.54) is 0 Å². The van der Waals surface area contributed by atoms with Gasteiger partial charge in [-0.05, 0) is 44.5 Å². The van der Waals surface area contributed by atoms with Crippen molar-refractivity contribution in [2.75, 3.05) is 19.6 Å². The van der Waals surface area contributed by atoms with Crippen LogP contribution in [0.3, 0.4) is 0 Å². The Balaban J connectivity index is 2.70. The van der Waals surface area contributed by atoms with Crippen molar-refractivity contribution >= 4 is 5.91 Å². The van der Waals surface area contributed by atoms with Gasteiger partial charge in [-0.2, -0.15) is 0 Å². The maximum Gasteiger partial charge on any atom is 0.237 e. The van der Waals surface area contributed by atoms with Gasteiger partial charge in [-0.15, -0.1) is 0 Å². The summed E-state index contributed by atoms with van der Waals surface area (Å²) in [6.45, 7) is 7.90. The van der Waals surface area contributed by atoms with Gasteiger partial charge in [-0.1, -0.05) is 19.1 Å². The van der Waals surface area contributed by atoms with Crippen molar-refractivity contribution in [3.05, 3.63) is 29.8 Å². The minimum atomic E-state index is -0.0342. The van der Waals surface area contributed by atoms with Crippen LogP contribution in [0.5, 0.6) is 5.75 Å². The van der Waals surface area contributed by atoms with E-state index in [4.69, 9.17) is 0 Å². The van der Waals surface area contributed by atoms with E-state index in [-0.39, 0.29) is 17.7 Å². The molecule has 4 heteroatoms. The molecule has 0 aromatic heterocycles. The molecule has 19 heavy (non-hydrogen) atoms. The molecule has 0 fully saturated rings. The molecular weight excluding hydrogens is 240 g/mol. The molecule has 0 saturated heterocycles. The highest BCUT2D eigenvalue weighted by atomic mass is 16.3. The number of phenolic OH excluding ortho intramolecular Hbond substituents is 1. The van der Waals surface area contributed by atoms with E-state index in [0.29, 0.717) is 13.1 Å². The zero-order chi connectivity index (χ0) is 14.3. The monoisotopic (exact) mass is 264 g/mol. The fourth-order valence-corrected chi connectivity index (χ4v) is 2.10. The number of aromatic hydroxyl groups is 1. The Morgan fingerprint density at radius 1 is 1.42 bits per heavy atom. The van der Waals surface area contributed by atoms with E-state index in [1.54, 1.807) is 18.2 Å². The quantitative estimate of drug-likeness (QED) is 0.743. The summed E-state index contributed by atoms with van der Waals surface area (Å²) >= 11 is 0. The van der Waals surface area contributed by atoms with Crippen molar-refractivity contribution in [2.24, 2.45) is 0 Å². The SMILES string of the molecule is CCCNCC(=O)N(CC)C(C)c1cccc(O)c1. The van der Waals surface area contributed by atoms with Crippen LogP contribution in [0.25, 0.3) is 0 Å². The minimum absolute atomic E-state index is 0.0342. The molecule has 0 aliphatic heterocycles. The van der Waals surface area contributed by atoms with Crippen LogP contribution in [0.15, 0.2) is 24.3 Å². The maximum absolute atomic E-state index is 12.1. The number of hydrogen-bond donors (Lipinski definition) is 2. The lowest BCUT2D eigenvalue weighted by Gasteiger charge is -2.28. The van der Waals surface area contributed by atoms with Crippen molar-refractivity contribution in [2.45, 2.75) is 33.2 Å². The molecule has 0 saturated carbocycles. The summed E-state index contributed by atoms with van der Waals surface area (Å²) in [5.74, 6) is 0.323. The third-order valence-corrected chi connectivity index (χ3v) is 3.18. The Morgan fingerprint density at radius 3 is 2.74 bits per heavy atom. The normalized spacial score (nSPS) is 12.2. The Labute approximate surface area is 115 Å². The largest absolute Gasteiger partial charge is 0.508 e. The van der Waals surface area contributed by atoms with Crippen LogP contribution in [0.1, 0.15) is 38.8 Å². The number of amides is 1. The fraction of sp³-hybridized carbons (Fsp3) is 0.533. The summed E-state index contributed by atoms with van der Waals surface area (Å²) < 4.78 is 0. The molecule has 1 aromatic rings. The van der Waals surface area contributed by atoms with Crippen LogP contribution in [0.4, 0.5) is 0 Å². The zero-order valence-electron chi connectivity index (χ0n) is 12.0. The number of carbonyl (C=O) groups excluding carboxylic acids is 1. The highest BCUT2D eigenvalue weighted by molar-refractivity contribution is 5.78. The second-order valence-electron chi connectivity index (χ2n) is 4.63. The third-order valence-electron chi connectivity index (χ3n) is 3.18. The Kier molecular flexibility index (Phi) is 6.36. The molecule has 1 rings (SSSR count). The molecule has 2 N–H and O–H groups in total. The van der Waals surface area contributed by atoms with Gasteiger partial charge in [0.25, 0.3) is 0 Å². The van der Waals surface area contributed by atoms with Gasteiger partial charge in [0.1, 0.15) is 5.75 Å². The molecular formula is C15H24N2O2. The molecule has 1 amide bonds. The number of nitrogens with zero attached hydrogens (tertiary/aromatic N) is 1. The van der Waals surface area contributed by atoms with Gasteiger partial charge in [0.15, 0.2) is 0 Å². The number of nitrogens with one attached hydrogen (secondary N) is 1. The molecule has 1 atom stereocenters. The Morgan fingerprint density at radius 2 is 2.16 bits per heavy atom. The van der Waals surface area contributed by atoms with Gasteiger partial charge in [0.2, 0.25) is 5.91 Å². The number of likely N-dealkylation sites (N-methyl/N-ethyl adjacent to an activating group) is 1. The van der Waals surface area contributed by atoms with E-state index in [9.17, 15) is 9.90 Å². The topological polar surface area (TPSA) is 52.6 Å². The number of carbonyl (C=O) groups is 1. The highest BCUT2D eigenvalue weighted by Crippen LogP contribution is 2.23. The smallest absolute Gasteiger partial charge is 0.237 e. The first-order valence-corrected chi connectivity index (χ1v) is 6.89. The van der Waals surface area contributed by atoms with E-state index >= 15 is 0 Å². The van der Waals surface area contributed by atoms with Crippen LogP contribution in [-0.2, 0) is 4.79 Å². The van der Waals surface area contributed by atoms with Crippen LogP contribution >= 0.6 is 0 Å². The molecule has 0 heterocycles. The summed E-state index contributed by atoms with van der Waals surface area (Å²) in [6.07, 6.45) is 1.02. The number of phenols is 1. The second kappa shape index (κ2) is 7.79. The summed E-state index contributed by atoms with van der Waals surface area (Å²) in [5, 5.41) is 12.6. The molecule has 0 aliphatic rings. The summed E-state index contributed by atoms with van der Waals surface area (Å²) in [6, 6.07) is 7.04.